The maximum absolute atomic E-state index is 6.06. The molecule has 2 aromatic heterocycles. The predicted molar refractivity (Wildman–Crippen MR) is 57.8 cm³/mol. The number of aryl methyl sites for hydroxylation is 1. The number of nitrogens with two attached hydrogens (primary N) is 1. The SMILES string of the molecule is Cc1nc(N)c2nc(Cl)n(C3CC3)c2n1. The van der Waals surface area contributed by atoms with E-state index in [2.05, 4.69) is 15.0 Å². The summed E-state index contributed by atoms with van der Waals surface area (Å²) >= 11 is 6.06. The van der Waals surface area contributed by atoms with Crippen molar-refractivity contribution in [2.75, 3.05) is 5.73 Å². The first kappa shape index (κ1) is 8.91. The summed E-state index contributed by atoms with van der Waals surface area (Å²) < 4.78 is 1.95. The number of aromatic nitrogens is 4. The molecule has 3 rings (SSSR count). The second-order valence-electron chi connectivity index (χ2n) is 3.81. The maximum Gasteiger partial charge on any atom is 0.205 e. The molecule has 0 spiro atoms. The van der Waals surface area contributed by atoms with E-state index in [4.69, 9.17) is 17.3 Å². The summed E-state index contributed by atoms with van der Waals surface area (Å²) in [6.07, 6.45) is 2.27. The van der Waals surface area contributed by atoms with Crippen molar-refractivity contribution in [2.45, 2.75) is 25.8 Å². The smallest absolute Gasteiger partial charge is 0.205 e. The van der Waals surface area contributed by atoms with E-state index in [0.29, 0.717) is 28.5 Å². The number of fused-ring (bicyclic) bond motifs is 1. The quantitative estimate of drug-likeness (QED) is 0.748. The highest BCUT2D eigenvalue weighted by atomic mass is 35.5. The molecular weight excluding hydrogens is 214 g/mol. The lowest BCUT2D eigenvalue weighted by molar-refractivity contribution is 0.756. The van der Waals surface area contributed by atoms with Crippen LogP contribution >= 0.6 is 11.6 Å². The number of anilines is 1. The third-order valence-corrected chi connectivity index (χ3v) is 2.81. The number of hydrogen-bond acceptors (Lipinski definition) is 4. The van der Waals surface area contributed by atoms with Crippen molar-refractivity contribution in [1.82, 2.24) is 19.5 Å². The van der Waals surface area contributed by atoms with E-state index >= 15 is 0 Å². The first-order valence-corrected chi connectivity index (χ1v) is 5.22. The van der Waals surface area contributed by atoms with Crippen LogP contribution in [-0.2, 0) is 0 Å². The molecule has 0 aromatic carbocycles. The lowest BCUT2D eigenvalue weighted by Crippen LogP contribution is -2.00. The largest absolute Gasteiger partial charge is 0.382 e. The number of rotatable bonds is 1. The number of nitrogens with zero attached hydrogens (tertiary/aromatic N) is 4. The Morgan fingerprint density at radius 1 is 1.33 bits per heavy atom. The van der Waals surface area contributed by atoms with Crippen molar-refractivity contribution in [2.24, 2.45) is 0 Å². The van der Waals surface area contributed by atoms with Gasteiger partial charge < -0.3 is 5.73 Å². The molecule has 6 heteroatoms. The van der Waals surface area contributed by atoms with Gasteiger partial charge in [-0.25, -0.2) is 15.0 Å². The van der Waals surface area contributed by atoms with Crippen LogP contribution in [0.4, 0.5) is 5.82 Å². The maximum atomic E-state index is 6.06. The van der Waals surface area contributed by atoms with Crippen molar-refractivity contribution in [1.29, 1.82) is 0 Å². The third-order valence-electron chi connectivity index (χ3n) is 2.55. The molecule has 0 unspecified atom stereocenters. The molecule has 78 valence electrons. The summed E-state index contributed by atoms with van der Waals surface area (Å²) in [7, 11) is 0. The molecule has 0 atom stereocenters. The monoisotopic (exact) mass is 223 g/mol. The van der Waals surface area contributed by atoms with E-state index in [1.54, 1.807) is 0 Å². The van der Waals surface area contributed by atoms with Gasteiger partial charge in [0.15, 0.2) is 17.0 Å². The van der Waals surface area contributed by atoms with E-state index in [-0.39, 0.29) is 0 Å². The molecule has 1 aliphatic rings. The molecule has 0 aliphatic heterocycles. The first-order chi connectivity index (χ1) is 7.16. The van der Waals surface area contributed by atoms with Gasteiger partial charge in [0.25, 0.3) is 0 Å². The number of imidazole rings is 1. The van der Waals surface area contributed by atoms with Crippen molar-refractivity contribution < 1.29 is 0 Å². The molecule has 2 N–H and O–H groups in total. The van der Waals surface area contributed by atoms with Gasteiger partial charge in [-0.2, -0.15) is 0 Å². The standard InChI is InChI=1S/C9H10ClN5/c1-4-12-7(11)6-8(13-4)15(5-2-3-5)9(10)14-6/h5H,2-3H2,1H3,(H2,11,12,13). The first-order valence-electron chi connectivity index (χ1n) is 4.84. The second kappa shape index (κ2) is 2.82. The van der Waals surface area contributed by atoms with Crippen molar-refractivity contribution >= 4 is 28.6 Å². The highest BCUT2D eigenvalue weighted by molar-refractivity contribution is 6.29. The Morgan fingerprint density at radius 3 is 2.73 bits per heavy atom. The van der Waals surface area contributed by atoms with Gasteiger partial charge in [0.05, 0.1) is 0 Å². The van der Waals surface area contributed by atoms with E-state index in [9.17, 15) is 0 Å². The van der Waals surface area contributed by atoms with E-state index in [0.717, 1.165) is 18.5 Å². The number of hydrogen-bond donors (Lipinski definition) is 1. The van der Waals surface area contributed by atoms with Crippen LogP contribution in [0.3, 0.4) is 0 Å². The molecule has 0 saturated heterocycles. The minimum absolute atomic E-state index is 0.402. The Kier molecular flexibility index (Phi) is 1.68. The third kappa shape index (κ3) is 1.26. The van der Waals surface area contributed by atoms with Crippen LogP contribution in [0, 0.1) is 6.92 Å². The average molecular weight is 224 g/mol. The highest BCUT2D eigenvalue weighted by Crippen LogP contribution is 2.39. The van der Waals surface area contributed by atoms with Crippen molar-refractivity contribution in [3.63, 3.8) is 0 Å². The van der Waals surface area contributed by atoms with E-state index in [1.807, 2.05) is 11.5 Å². The summed E-state index contributed by atoms with van der Waals surface area (Å²) in [5.74, 6) is 1.05. The zero-order valence-corrected chi connectivity index (χ0v) is 8.99. The molecule has 15 heavy (non-hydrogen) atoms. The van der Waals surface area contributed by atoms with Gasteiger partial charge in [-0.3, -0.25) is 4.57 Å². The molecular formula is C9H10ClN5. The van der Waals surface area contributed by atoms with Gasteiger partial charge in [0.1, 0.15) is 5.82 Å². The van der Waals surface area contributed by atoms with Crippen LogP contribution in [-0.4, -0.2) is 19.5 Å². The molecule has 1 fully saturated rings. The zero-order chi connectivity index (χ0) is 10.6. The van der Waals surface area contributed by atoms with Crippen molar-refractivity contribution in [3.8, 4) is 0 Å². The van der Waals surface area contributed by atoms with Gasteiger partial charge in [0, 0.05) is 6.04 Å². The molecule has 0 bridgehead atoms. The Hall–Kier alpha value is -1.36. The summed E-state index contributed by atoms with van der Waals surface area (Å²) in [6, 6.07) is 0.441. The van der Waals surface area contributed by atoms with E-state index < -0.39 is 0 Å². The topological polar surface area (TPSA) is 69.6 Å². The lowest BCUT2D eigenvalue weighted by Gasteiger charge is -2.02. The van der Waals surface area contributed by atoms with Crippen LogP contribution < -0.4 is 5.73 Å². The normalized spacial score (nSPS) is 16.1. The van der Waals surface area contributed by atoms with Gasteiger partial charge in [-0.1, -0.05) is 0 Å². The van der Waals surface area contributed by atoms with Gasteiger partial charge in [0.2, 0.25) is 5.28 Å². The molecule has 1 aliphatic carbocycles. The van der Waals surface area contributed by atoms with Crippen LogP contribution in [0.15, 0.2) is 0 Å². The Bertz CT molecular complexity index is 543. The van der Waals surface area contributed by atoms with Crippen LogP contribution in [0.25, 0.3) is 11.2 Å². The summed E-state index contributed by atoms with van der Waals surface area (Å²) in [6.45, 7) is 1.81. The van der Waals surface area contributed by atoms with Crippen LogP contribution in [0.2, 0.25) is 5.28 Å². The Balaban J connectivity index is 2.38. The summed E-state index contributed by atoms with van der Waals surface area (Å²) in [5, 5.41) is 0.458. The van der Waals surface area contributed by atoms with Crippen LogP contribution in [0.5, 0.6) is 0 Å². The molecule has 0 amide bonds. The minimum Gasteiger partial charge on any atom is -0.382 e. The number of halogens is 1. The molecule has 5 nitrogen and oxygen atoms in total. The fraction of sp³-hybridized carbons (Fsp3) is 0.444. The number of nitrogen functional groups attached to an aromatic ring is 1. The molecule has 2 aromatic rings. The Morgan fingerprint density at radius 2 is 2.07 bits per heavy atom. The van der Waals surface area contributed by atoms with Crippen molar-refractivity contribution in [3.05, 3.63) is 11.1 Å². The van der Waals surface area contributed by atoms with Gasteiger partial charge in [-0.05, 0) is 31.4 Å². The predicted octanol–water partition coefficient (Wildman–Crippen LogP) is 1.71. The molecule has 2 heterocycles. The average Bonchev–Trinajstić information content (AvgIpc) is 2.91. The van der Waals surface area contributed by atoms with E-state index in [1.165, 1.54) is 0 Å². The molecule has 1 saturated carbocycles. The van der Waals surface area contributed by atoms with Gasteiger partial charge in [-0.15, -0.1) is 0 Å². The summed E-state index contributed by atoms with van der Waals surface area (Å²) in [4.78, 5) is 12.6. The lowest BCUT2D eigenvalue weighted by atomic mass is 10.4. The highest BCUT2D eigenvalue weighted by Gasteiger charge is 2.29. The minimum atomic E-state index is 0.402. The zero-order valence-electron chi connectivity index (χ0n) is 8.24. The fourth-order valence-electron chi connectivity index (χ4n) is 1.74. The Labute approximate surface area is 91.3 Å². The summed E-state index contributed by atoms with van der Waals surface area (Å²) in [5.41, 5.74) is 7.14. The molecule has 0 radical (unpaired) electrons. The van der Waals surface area contributed by atoms with Gasteiger partial charge >= 0.3 is 0 Å². The second-order valence-corrected chi connectivity index (χ2v) is 4.15. The fourth-order valence-corrected chi connectivity index (χ4v) is 2.04. The van der Waals surface area contributed by atoms with Crippen LogP contribution in [0.1, 0.15) is 24.7 Å².